The monoisotopic (exact) mass is 398 g/mol. The SMILES string of the molecule is COC(=O)c1c(C)[nH]c(C(=O)COC(=O)c2ccc(N3CCCC3=O)cc2)c1C. The average Bonchev–Trinajstić information content (AvgIpc) is 3.28. The number of benzene rings is 1. The Bertz CT molecular complexity index is 974. The number of carbonyl (C=O) groups is 4. The molecular formula is C21H22N2O6. The fraction of sp³-hybridized carbons (Fsp3) is 0.333. The lowest BCUT2D eigenvalue weighted by Crippen LogP contribution is -2.23. The molecule has 0 bridgehead atoms. The normalized spacial score (nSPS) is 13.5. The van der Waals surface area contributed by atoms with E-state index in [9.17, 15) is 19.2 Å². The molecule has 0 radical (unpaired) electrons. The number of aromatic nitrogens is 1. The van der Waals surface area contributed by atoms with Gasteiger partial charge < -0.3 is 19.4 Å². The Morgan fingerprint density at radius 2 is 1.79 bits per heavy atom. The minimum Gasteiger partial charge on any atom is -0.465 e. The van der Waals surface area contributed by atoms with E-state index in [0.717, 1.165) is 12.1 Å². The van der Waals surface area contributed by atoms with Gasteiger partial charge in [-0.15, -0.1) is 0 Å². The number of H-pyrrole nitrogens is 1. The van der Waals surface area contributed by atoms with Crippen molar-refractivity contribution in [1.82, 2.24) is 4.98 Å². The van der Waals surface area contributed by atoms with Gasteiger partial charge in [0.25, 0.3) is 0 Å². The Morgan fingerprint density at radius 1 is 1.10 bits per heavy atom. The van der Waals surface area contributed by atoms with Crippen molar-refractivity contribution in [2.24, 2.45) is 0 Å². The second kappa shape index (κ2) is 8.30. The average molecular weight is 398 g/mol. The molecule has 2 aromatic rings. The summed E-state index contributed by atoms with van der Waals surface area (Å²) in [6.07, 6.45) is 1.35. The lowest BCUT2D eigenvalue weighted by Gasteiger charge is -2.15. The van der Waals surface area contributed by atoms with E-state index >= 15 is 0 Å². The maximum absolute atomic E-state index is 12.4. The van der Waals surface area contributed by atoms with Crippen LogP contribution in [0.3, 0.4) is 0 Å². The van der Waals surface area contributed by atoms with Crippen molar-refractivity contribution < 1.29 is 28.7 Å². The van der Waals surface area contributed by atoms with E-state index in [4.69, 9.17) is 9.47 Å². The van der Waals surface area contributed by atoms with Gasteiger partial charge in [0.1, 0.15) is 0 Å². The zero-order chi connectivity index (χ0) is 21.1. The van der Waals surface area contributed by atoms with Gasteiger partial charge in [0.05, 0.1) is 23.9 Å². The molecule has 0 aliphatic carbocycles. The summed E-state index contributed by atoms with van der Waals surface area (Å²) in [7, 11) is 1.27. The van der Waals surface area contributed by atoms with Crippen LogP contribution < -0.4 is 4.90 Å². The number of nitrogens with one attached hydrogen (secondary N) is 1. The van der Waals surface area contributed by atoms with Crippen LogP contribution in [-0.2, 0) is 14.3 Å². The molecule has 1 aliphatic heterocycles. The molecule has 0 atom stereocenters. The molecule has 8 heteroatoms. The van der Waals surface area contributed by atoms with Crippen molar-refractivity contribution in [1.29, 1.82) is 0 Å². The van der Waals surface area contributed by atoms with Gasteiger partial charge in [-0.25, -0.2) is 9.59 Å². The number of rotatable bonds is 6. The Hall–Kier alpha value is -3.42. The molecule has 0 unspecified atom stereocenters. The molecule has 8 nitrogen and oxygen atoms in total. The van der Waals surface area contributed by atoms with Gasteiger partial charge in [0.15, 0.2) is 6.61 Å². The van der Waals surface area contributed by atoms with Crippen molar-refractivity contribution >= 4 is 29.3 Å². The lowest BCUT2D eigenvalue weighted by atomic mass is 10.1. The number of carbonyl (C=O) groups excluding carboxylic acids is 4. The number of aryl methyl sites for hydroxylation is 1. The summed E-state index contributed by atoms with van der Waals surface area (Å²) >= 11 is 0. The number of ether oxygens (including phenoxy) is 2. The van der Waals surface area contributed by atoms with Crippen LogP contribution in [0.15, 0.2) is 24.3 Å². The summed E-state index contributed by atoms with van der Waals surface area (Å²) in [5, 5.41) is 0. The van der Waals surface area contributed by atoms with E-state index in [0.29, 0.717) is 29.8 Å². The standard InChI is InChI=1S/C21H22N2O6/c1-12-18(21(27)28-3)13(2)22-19(12)16(24)11-29-20(26)14-6-8-15(9-7-14)23-10-4-5-17(23)25/h6-9,22H,4-5,10-11H2,1-3H3. The van der Waals surface area contributed by atoms with Crippen molar-refractivity contribution in [2.75, 3.05) is 25.2 Å². The Balaban J connectivity index is 1.64. The minimum atomic E-state index is -0.647. The Kier molecular flexibility index (Phi) is 5.81. The van der Waals surface area contributed by atoms with Gasteiger partial charge in [-0.05, 0) is 50.1 Å². The van der Waals surface area contributed by atoms with Gasteiger partial charge in [0.2, 0.25) is 11.7 Å². The maximum Gasteiger partial charge on any atom is 0.339 e. The van der Waals surface area contributed by atoms with Crippen molar-refractivity contribution in [2.45, 2.75) is 26.7 Å². The van der Waals surface area contributed by atoms with E-state index < -0.39 is 24.3 Å². The third kappa shape index (κ3) is 4.06. The summed E-state index contributed by atoms with van der Waals surface area (Å²) in [5.74, 6) is -1.57. The third-order valence-electron chi connectivity index (χ3n) is 4.93. The number of esters is 2. The number of Topliss-reactive ketones (excluding diaryl/α,β-unsaturated/α-hetero) is 1. The highest BCUT2D eigenvalue weighted by atomic mass is 16.5. The van der Waals surface area contributed by atoms with E-state index in [2.05, 4.69) is 4.98 Å². The number of anilines is 1. The number of nitrogens with zero attached hydrogens (tertiary/aromatic N) is 1. The first-order chi connectivity index (χ1) is 13.8. The highest BCUT2D eigenvalue weighted by Crippen LogP contribution is 2.22. The zero-order valence-corrected chi connectivity index (χ0v) is 16.5. The highest BCUT2D eigenvalue weighted by Gasteiger charge is 2.24. The predicted octanol–water partition coefficient (Wildman–Crippen LogP) is 2.58. The Morgan fingerprint density at radius 3 is 2.38 bits per heavy atom. The van der Waals surface area contributed by atoms with Crippen molar-refractivity contribution in [3.63, 3.8) is 0 Å². The molecule has 1 saturated heterocycles. The summed E-state index contributed by atoms with van der Waals surface area (Å²) in [4.78, 5) is 52.8. The second-order valence-electron chi connectivity index (χ2n) is 6.81. The van der Waals surface area contributed by atoms with E-state index in [1.165, 1.54) is 7.11 Å². The largest absolute Gasteiger partial charge is 0.465 e. The molecule has 1 amide bonds. The molecule has 1 N–H and O–H groups in total. The van der Waals surface area contributed by atoms with Gasteiger partial charge in [-0.2, -0.15) is 0 Å². The number of ketones is 1. The van der Waals surface area contributed by atoms with Crippen LogP contribution >= 0.6 is 0 Å². The first-order valence-corrected chi connectivity index (χ1v) is 9.21. The molecule has 1 aromatic heterocycles. The number of aromatic amines is 1. The summed E-state index contributed by atoms with van der Waals surface area (Å²) in [6.45, 7) is 3.49. The molecule has 3 rings (SSSR count). The quantitative estimate of drug-likeness (QED) is 0.592. The second-order valence-corrected chi connectivity index (χ2v) is 6.81. The van der Waals surface area contributed by atoms with Crippen LogP contribution in [0.5, 0.6) is 0 Å². The first kappa shape index (κ1) is 20.3. The number of hydrogen-bond donors (Lipinski definition) is 1. The van der Waals surface area contributed by atoms with Gasteiger partial charge >= 0.3 is 11.9 Å². The molecule has 0 spiro atoms. The van der Waals surface area contributed by atoms with Crippen LogP contribution in [0.1, 0.15) is 55.3 Å². The van der Waals surface area contributed by atoms with Crippen LogP contribution in [0.25, 0.3) is 0 Å². The maximum atomic E-state index is 12.4. The molecule has 0 saturated carbocycles. The van der Waals surface area contributed by atoms with Crippen LogP contribution in [-0.4, -0.2) is 48.9 Å². The fourth-order valence-corrected chi connectivity index (χ4v) is 3.42. The molecule has 29 heavy (non-hydrogen) atoms. The summed E-state index contributed by atoms with van der Waals surface area (Å²) < 4.78 is 9.84. The van der Waals surface area contributed by atoms with E-state index in [1.807, 2.05) is 0 Å². The minimum absolute atomic E-state index is 0.0638. The van der Waals surface area contributed by atoms with Gasteiger partial charge in [-0.1, -0.05) is 0 Å². The number of amides is 1. The van der Waals surface area contributed by atoms with Crippen LogP contribution in [0, 0.1) is 13.8 Å². The van der Waals surface area contributed by atoms with Crippen molar-refractivity contribution in [3.05, 3.63) is 52.3 Å². The smallest absolute Gasteiger partial charge is 0.339 e. The van der Waals surface area contributed by atoms with Gasteiger partial charge in [0, 0.05) is 24.3 Å². The topological polar surface area (TPSA) is 106 Å². The molecule has 1 fully saturated rings. The van der Waals surface area contributed by atoms with E-state index in [1.54, 1.807) is 43.0 Å². The fourth-order valence-electron chi connectivity index (χ4n) is 3.42. The first-order valence-electron chi connectivity index (χ1n) is 9.21. The van der Waals surface area contributed by atoms with Crippen LogP contribution in [0.2, 0.25) is 0 Å². The molecule has 2 heterocycles. The van der Waals surface area contributed by atoms with Crippen LogP contribution in [0.4, 0.5) is 5.69 Å². The summed E-state index contributed by atoms with van der Waals surface area (Å²) in [5.41, 5.74) is 2.48. The molecular weight excluding hydrogens is 376 g/mol. The number of hydrogen-bond acceptors (Lipinski definition) is 6. The highest BCUT2D eigenvalue weighted by molar-refractivity contribution is 6.03. The van der Waals surface area contributed by atoms with E-state index in [-0.39, 0.29) is 17.2 Å². The summed E-state index contributed by atoms with van der Waals surface area (Å²) in [6, 6.07) is 6.49. The lowest BCUT2D eigenvalue weighted by molar-refractivity contribution is -0.117. The molecule has 1 aliphatic rings. The Labute approximate surface area is 167 Å². The van der Waals surface area contributed by atoms with Gasteiger partial charge in [-0.3, -0.25) is 9.59 Å². The third-order valence-corrected chi connectivity index (χ3v) is 4.93. The molecule has 1 aromatic carbocycles. The number of methoxy groups -OCH3 is 1. The van der Waals surface area contributed by atoms with Crippen molar-refractivity contribution in [3.8, 4) is 0 Å². The predicted molar refractivity (Wildman–Crippen MR) is 104 cm³/mol. The molecule has 152 valence electrons. The zero-order valence-electron chi connectivity index (χ0n) is 16.5.